The molecule has 7 nitrogen and oxygen atoms in total. The molecule has 7 heteroatoms. The number of carbonyl (C=O) groups is 4. The Labute approximate surface area is 178 Å². The van der Waals surface area contributed by atoms with Gasteiger partial charge in [-0.2, -0.15) is 0 Å². The minimum atomic E-state index is -1.33. The summed E-state index contributed by atoms with van der Waals surface area (Å²) in [5, 5.41) is 13.8. The van der Waals surface area contributed by atoms with Crippen LogP contribution < -0.4 is 15.3 Å². The smallest absolute Gasteiger partial charge is 0.255 e. The fraction of sp³-hybridized carbons (Fsp3) is 0.250. The molecule has 156 valence electrons. The molecule has 5 rings (SSSR count). The molecule has 1 saturated heterocycles. The topological polar surface area (TPSA) is 107 Å². The van der Waals surface area contributed by atoms with Crippen LogP contribution in [0.5, 0.6) is 0 Å². The van der Waals surface area contributed by atoms with Crippen LogP contribution >= 0.6 is 0 Å². The van der Waals surface area contributed by atoms with Crippen LogP contribution in [-0.2, 0) is 9.59 Å². The number of imide groups is 1. The van der Waals surface area contributed by atoms with Crippen LogP contribution in [0.15, 0.2) is 54.6 Å². The van der Waals surface area contributed by atoms with E-state index < -0.39 is 11.9 Å². The van der Waals surface area contributed by atoms with Crippen molar-refractivity contribution in [3.63, 3.8) is 0 Å². The second kappa shape index (κ2) is 6.91. The zero-order chi connectivity index (χ0) is 21.9. The minimum absolute atomic E-state index is 0.0312. The van der Waals surface area contributed by atoms with E-state index in [2.05, 4.69) is 5.32 Å². The molecule has 3 amide bonds. The molecule has 0 radical (unpaired) electrons. The Kier molecular flexibility index (Phi) is 4.28. The van der Waals surface area contributed by atoms with Crippen LogP contribution in [0, 0.1) is 30.6 Å². The summed E-state index contributed by atoms with van der Waals surface area (Å²) in [6.07, 6.45) is 4.97. The Morgan fingerprint density at radius 2 is 1.52 bits per heavy atom. The van der Waals surface area contributed by atoms with Gasteiger partial charge in [0.15, 0.2) is 0 Å². The Hall–Kier alpha value is -3.74. The van der Waals surface area contributed by atoms with E-state index in [1.54, 1.807) is 37.3 Å². The summed E-state index contributed by atoms with van der Waals surface area (Å²) in [6, 6.07) is 10.6. The van der Waals surface area contributed by atoms with Gasteiger partial charge in [0, 0.05) is 11.3 Å². The van der Waals surface area contributed by atoms with Gasteiger partial charge in [0.05, 0.1) is 23.5 Å². The molecule has 1 saturated carbocycles. The van der Waals surface area contributed by atoms with Gasteiger partial charge in [-0.25, -0.2) is 0 Å². The molecular weight excluding hydrogens is 396 g/mol. The molecule has 1 aliphatic heterocycles. The van der Waals surface area contributed by atoms with Crippen molar-refractivity contribution in [3.8, 4) is 0 Å². The molecule has 2 fully saturated rings. The lowest BCUT2D eigenvalue weighted by molar-refractivity contribution is -0.255. The third kappa shape index (κ3) is 2.96. The molecule has 1 N–H and O–H groups in total. The quantitative estimate of drug-likeness (QED) is 0.607. The molecule has 1 heterocycles. The molecule has 0 aromatic heterocycles. The van der Waals surface area contributed by atoms with Crippen LogP contribution in [0.1, 0.15) is 32.7 Å². The number of benzene rings is 2. The summed E-state index contributed by atoms with van der Waals surface area (Å²) in [7, 11) is 0. The highest BCUT2D eigenvalue weighted by molar-refractivity contribution is 6.23. The standard InChI is InChI=1S/C24H20N2O5/c1-12-2-3-16(24(30)31)11-18(12)25-21(27)13-6-8-17(9-7-13)26-22(28)19-14-4-5-15(10-14)20(19)23(26)29/h2-9,11,14-15,19-20H,10H2,1H3,(H,25,27)(H,30,31)/p-1/t14-,15+,19-,20-/m0/s1. The van der Waals surface area contributed by atoms with Crippen LogP contribution in [0.3, 0.4) is 0 Å². The van der Waals surface area contributed by atoms with Crippen molar-refractivity contribution < 1.29 is 24.3 Å². The van der Waals surface area contributed by atoms with E-state index in [9.17, 15) is 24.3 Å². The first-order chi connectivity index (χ1) is 14.8. The monoisotopic (exact) mass is 415 g/mol. The molecule has 31 heavy (non-hydrogen) atoms. The van der Waals surface area contributed by atoms with E-state index in [1.165, 1.54) is 17.0 Å². The average Bonchev–Trinajstić information content (AvgIpc) is 3.43. The molecule has 0 spiro atoms. The fourth-order valence-corrected chi connectivity index (χ4v) is 5.00. The largest absolute Gasteiger partial charge is 0.545 e. The number of carboxylic acids is 1. The van der Waals surface area contributed by atoms with Gasteiger partial charge in [0.2, 0.25) is 11.8 Å². The summed E-state index contributed by atoms with van der Waals surface area (Å²) in [6.45, 7) is 1.75. The highest BCUT2D eigenvalue weighted by atomic mass is 16.4. The Bertz CT molecular complexity index is 1140. The normalized spacial score (nSPS) is 25.8. The highest BCUT2D eigenvalue weighted by Gasteiger charge is 2.59. The van der Waals surface area contributed by atoms with Crippen LogP contribution in [0.4, 0.5) is 11.4 Å². The molecule has 2 aliphatic carbocycles. The molecule has 0 unspecified atom stereocenters. The number of aromatic carboxylic acids is 1. The number of aryl methyl sites for hydroxylation is 1. The lowest BCUT2D eigenvalue weighted by Crippen LogP contribution is -2.32. The van der Waals surface area contributed by atoms with Crippen molar-refractivity contribution in [3.05, 3.63) is 71.3 Å². The molecular formula is C24H19N2O5-. The molecule has 2 aromatic carbocycles. The van der Waals surface area contributed by atoms with Gasteiger partial charge in [-0.05, 0) is 66.6 Å². The van der Waals surface area contributed by atoms with E-state index >= 15 is 0 Å². The van der Waals surface area contributed by atoms with E-state index in [1.807, 2.05) is 12.2 Å². The zero-order valence-corrected chi connectivity index (χ0v) is 16.7. The third-order valence-electron chi connectivity index (χ3n) is 6.58. The lowest BCUT2D eigenvalue weighted by Gasteiger charge is -2.17. The van der Waals surface area contributed by atoms with Gasteiger partial charge in [0.1, 0.15) is 0 Å². The second-order valence-corrected chi connectivity index (χ2v) is 8.33. The van der Waals surface area contributed by atoms with Gasteiger partial charge in [0.25, 0.3) is 5.91 Å². The number of amides is 3. The number of fused-ring (bicyclic) bond motifs is 5. The summed E-state index contributed by atoms with van der Waals surface area (Å²) in [4.78, 5) is 50.8. The lowest BCUT2D eigenvalue weighted by atomic mass is 9.85. The number of nitrogens with one attached hydrogen (secondary N) is 1. The van der Waals surface area contributed by atoms with E-state index in [0.717, 1.165) is 6.42 Å². The van der Waals surface area contributed by atoms with E-state index in [-0.39, 0.29) is 41.0 Å². The minimum Gasteiger partial charge on any atom is -0.545 e. The number of allylic oxidation sites excluding steroid dienone is 2. The number of carbonyl (C=O) groups excluding carboxylic acids is 4. The molecule has 2 bridgehead atoms. The average molecular weight is 415 g/mol. The van der Waals surface area contributed by atoms with E-state index in [0.29, 0.717) is 22.5 Å². The number of hydrogen-bond donors (Lipinski definition) is 1. The van der Waals surface area contributed by atoms with Gasteiger partial charge >= 0.3 is 0 Å². The molecule has 3 aliphatic rings. The zero-order valence-electron chi connectivity index (χ0n) is 16.7. The first-order valence-electron chi connectivity index (χ1n) is 10.1. The van der Waals surface area contributed by atoms with Crippen molar-refractivity contribution >= 4 is 35.1 Å². The molecule has 2 aromatic rings. The molecule has 4 atom stereocenters. The number of rotatable bonds is 4. The highest BCUT2D eigenvalue weighted by Crippen LogP contribution is 2.53. The summed E-state index contributed by atoms with van der Waals surface area (Å²) in [5.41, 5.74) is 1.82. The number of anilines is 2. The first kappa shape index (κ1) is 19.2. The van der Waals surface area contributed by atoms with Gasteiger partial charge in [-0.15, -0.1) is 0 Å². The number of hydrogen-bond acceptors (Lipinski definition) is 5. The summed E-state index contributed by atoms with van der Waals surface area (Å²) in [5.74, 6) is -2.36. The van der Waals surface area contributed by atoms with Crippen molar-refractivity contribution in [1.82, 2.24) is 0 Å². The third-order valence-corrected chi connectivity index (χ3v) is 6.58. The maximum Gasteiger partial charge on any atom is 0.255 e. The Morgan fingerprint density at radius 1 is 0.935 bits per heavy atom. The number of carboxylic acid groups (broad SMARTS) is 1. The van der Waals surface area contributed by atoms with E-state index in [4.69, 9.17) is 0 Å². The second-order valence-electron chi connectivity index (χ2n) is 8.33. The summed E-state index contributed by atoms with van der Waals surface area (Å²) < 4.78 is 0. The Morgan fingerprint density at radius 3 is 2.10 bits per heavy atom. The first-order valence-corrected chi connectivity index (χ1v) is 10.1. The van der Waals surface area contributed by atoms with Gasteiger partial charge in [-0.1, -0.05) is 24.3 Å². The summed E-state index contributed by atoms with van der Waals surface area (Å²) >= 11 is 0. The van der Waals surface area contributed by atoms with Gasteiger partial charge < -0.3 is 15.2 Å². The Balaban J connectivity index is 1.35. The fourth-order valence-electron chi connectivity index (χ4n) is 5.00. The predicted molar refractivity (Wildman–Crippen MR) is 110 cm³/mol. The number of nitrogens with zero attached hydrogens (tertiary/aromatic N) is 1. The predicted octanol–water partition coefficient (Wildman–Crippen LogP) is 1.92. The maximum atomic E-state index is 12.9. The van der Waals surface area contributed by atoms with Crippen molar-refractivity contribution in [2.45, 2.75) is 13.3 Å². The SMILES string of the molecule is Cc1ccc(C(=O)[O-])cc1NC(=O)c1ccc(N2C(=O)[C@@H]3[C@@H](C2=O)[C@H]2C=C[C@@H]3C2)cc1. The van der Waals surface area contributed by atoms with Gasteiger partial charge in [-0.3, -0.25) is 19.3 Å². The van der Waals surface area contributed by atoms with Crippen molar-refractivity contribution in [2.75, 3.05) is 10.2 Å². The van der Waals surface area contributed by atoms with Crippen LogP contribution in [0.25, 0.3) is 0 Å². The maximum absolute atomic E-state index is 12.9. The van der Waals surface area contributed by atoms with Crippen molar-refractivity contribution in [2.24, 2.45) is 23.7 Å². The van der Waals surface area contributed by atoms with Crippen LogP contribution in [-0.4, -0.2) is 23.7 Å². The van der Waals surface area contributed by atoms with Crippen molar-refractivity contribution in [1.29, 1.82) is 0 Å². The van der Waals surface area contributed by atoms with Crippen LogP contribution in [0.2, 0.25) is 0 Å².